The van der Waals surface area contributed by atoms with Gasteiger partial charge in [0.2, 0.25) is 5.91 Å². The number of para-hydroxylation sites is 3. The molecule has 1 fully saturated rings. The lowest BCUT2D eigenvalue weighted by molar-refractivity contribution is -0.118. The molecule has 1 atom stereocenters. The maximum absolute atomic E-state index is 12.9. The van der Waals surface area contributed by atoms with Crippen LogP contribution in [0.25, 0.3) is 5.69 Å². The van der Waals surface area contributed by atoms with E-state index >= 15 is 0 Å². The van der Waals surface area contributed by atoms with Gasteiger partial charge in [0, 0.05) is 11.3 Å². The molecule has 0 aliphatic carbocycles. The van der Waals surface area contributed by atoms with Crippen LogP contribution in [0.4, 0.5) is 16.2 Å². The molecule has 8 nitrogen and oxygen atoms in total. The molecule has 31 heavy (non-hydrogen) atoms. The largest absolute Gasteiger partial charge is 0.329 e. The second-order valence-corrected chi connectivity index (χ2v) is 7.48. The Hall–Kier alpha value is -3.94. The number of carbonyl (C=O) groups is 3. The molecule has 1 saturated heterocycles. The lowest BCUT2D eigenvalue weighted by Gasteiger charge is -2.17. The van der Waals surface area contributed by atoms with Gasteiger partial charge in [0.05, 0.1) is 29.2 Å². The van der Waals surface area contributed by atoms with Gasteiger partial charge in [-0.05, 0) is 45.0 Å². The molecule has 1 aliphatic rings. The van der Waals surface area contributed by atoms with E-state index in [0.717, 1.165) is 27.5 Å². The topological polar surface area (TPSA) is 96.3 Å². The number of aryl methyl sites for hydroxylation is 1. The highest BCUT2D eigenvalue weighted by molar-refractivity contribution is 6.23. The van der Waals surface area contributed by atoms with Crippen molar-refractivity contribution in [2.75, 3.05) is 10.2 Å². The molecule has 0 radical (unpaired) electrons. The monoisotopic (exact) mass is 417 g/mol. The highest BCUT2D eigenvalue weighted by atomic mass is 16.2. The van der Waals surface area contributed by atoms with E-state index in [0.29, 0.717) is 11.4 Å². The Morgan fingerprint density at radius 3 is 2.42 bits per heavy atom. The summed E-state index contributed by atoms with van der Waals surface area (Å²) in [5.41, 5.74) is 4.16. The van der Waals surface area contributed by atoms with Crippen molar-refractivity contribution in [2.45, 2.75) is 33.2 Å². The highest BCUT2D eigenvalue weighted by Gasteiger charge is 2.37. The first kappa shape index (κ1) is 20.3. The van der Waals surface area contributed by atoms with E-state index in [1.54, 1.807) is 31.2 Å². The van der Waals surface area contributed by atoms with Crippen molar-refractivity contribution in [2.24, 2.45) is 0 Å². The fourth-order valence-electron chi connectivity index (χ4n) is 3.71. The van der Waals surface area contributed by atoms with E-state index in [4.69, 9.17) is 0 Å². The molecule has 1 unspecified atom stereocenters. The van der Waals surface area contributed by atoms with Crippen molar-refractivity contribution >= 4 is 29.2 Å². The fraction of sp³-hybridized carbons (Fsp3) is 0.217. The molecule has 158 valence electrons. The van der Waals surface area contributed by atoms with Crippen LogP contribution in [0.1, 0.15) is 23.9 Å². The number of rotatable bonds is 5. The Labute approximate surface area is 179 Å². The number of urea groups is 1. The third-order valence-electron chi connectivity index (χ3n) is 5.33. The molecule has 2 heterocycles. The van der Waals surface area contributed by atoms with Crippen molar-refractivity contribution < 1.29 is 14.4 Å². The Kier molecular flexibility index (Phi) is 5.29. The number of hydrogen-bond donors (Lipinski definition) is 2. The first-order valence-electron chi connectivity index (χ1n) is 10.0. The Bertz CT molecular complexity index is 1170. The molecule has 3 aromatic rings. The molecule has 2 N–H and O–H groups in total. The third kappa shape index (κ3) is 3.79. The first-order chi connectivity index (χ1) is 14.9. The SMILES string of the molecule is Cc1nn(-c2ccccc2)c(C)c1CC(=O)Nc1ccccc1N1C(=O)NC(C)C1=O. The van der Waals surface area contributed by atoms with Crippen LogP contribution in [0, 0.1) is 13.8 Å². The van der Waals surface area contributed by atoms with Crippen LogP contribution in [-0.4, -0.2) is 33.7 Å². The number of hydrogen-bond acceptors (Lipinski definition) is 4. The van der Waals surface area contributed by atoms with Gasteiger partial charge in [-0.2, -0.15) is 5.10 Å². The van der Waals surface area contributed by atoms with Crippen LogP contribution in [0.15, 0.2) is 54.6 Å². The van der Waals surface area contributed by atoms with E-state index in [9.17, 15) is 14.4 Å². The number of carbonyl (C=O) groups excluding carboxylic acids is 3. The fourth-order valence-corrected chi connectivity index (χ4v) is 3.71. The molecule has 1 aliphatic heterocycles. The Morgan fingerprint density at radius 2 is 1.74 bits per heavy atom. The number of amides is 4. The average molecular weight is 417 g/mol. The number of nitrogens with zero attached hydrogens (tertiary/aromatic N) is 3. The van der Waals surface area contributed by atoms with Gasteiger partial charge in [-0.15, -0.1) is 0 Å². The van der Waals surface area contributed by atoms with E-state index in [2.05, 4.69) is 15.7 Å². The molecule has 4 amide bonds. The van der Waals surface area contributed by atoms with E-state index in [1.807, 2.05) is 48.9 Å². The number of nitrogens with one attached hydrogen (secondary N) is 2. The maximum atomic E-state index is 12.9. The van der Waals surface area contributed by atoms with Gasteiger partial charge < -0.3 is 10.6 Å². The van der Waals surface area contributed by atoms with Gasteiger partial charge in [0.15, 0.2) is 0 Å². The quantitative estimate of drug-likeness (QED) is 0.624. The summed E-state index contributed by atoms with van der Waals surface area (Å²) in [6.45, 7) is 5.42. The minimum absolute atomic E-state index is 0.120. The van der Waals surface area contributed by atoms with Crippen molar-refractivity contribution in [1.29, 1.82) is 0 Å². The molecular formula is C23H23N5O3. The summed E-state index contributed by atoms with van der Waals surface area (Å²) in [5.74, 6) is -0.617. The predicted molar refractivity (Wildman–Crippen MR) is 117 cm³/mol. The second-order valence-electron chi connectivity index (χ2n) is 7.48. The number of anilines is 2. The van der Waals surface area contributed by atoms with Crippen LogP contribution in [0.3, 0.4) is 0 Å². The zero-order valence-electron chi connectivity index (χ0n) is 17.5. The van der Waals surface area contributed by atoms with E-state index in [-0.39, 0.29) is 18.2 Å². The van der Waals surface area contributed by atoms with Crippen LogP contribution in [0.2, 0.25) is 0 Å². The minimum Gasteiger partial charge on any atom is -0.326 e. The zero-order valence-corrected chi connectivity index (χ0v) is 17.5. The van der Waals surface area contributed by atoms with Gasteiger partial charge >= 0.3 is 6.03 Å². The van der Waals surface area contributed by atoms with Crippen LogP contribution < -0.4 is 15.5 Å². The molecule has 8 heteroatoms. The predicted octanol–water partition coefficient (Wildman–Crippen LogP) is 3.12. The molecule has 4 rings (SSSR count). The van der Waals surface area contributed by atoms with Crippen LogP contribution in [0.5, 0.6) is 0 Å². The molecule has 0 spiro atoms. The standard InChI is InChI=1S/C23H23N5O3/c1-14-18(16(3)28(26-14)17-9-5-4-6-10-17)13-21(29)25-19-11-7-8-12-20(19)27-22(30)15(2)24-23(27)31/h4-12,15H,13H2,1-3H3,(H,24,31)(H,25,29). The van der Waals surface area contributed by atoms with Crippen molar-refractivity contribution in [3.63, 3.8) is 0 Å². The summed E-state index contributed by atoms with van der Waals surface area (Å²) in [5, 5.41) is 10.0. The summed E-state index contributed by atoms with van der Waals surface area (Å²) in [4.78, 5) is 38.5. The smallest absolute Gasteiger partial charge is 0.326 e. The summed E-state index contributed by atoms with van der Waals surface area (Å²) in [6.07, 6.45) is 0.120. The molecule has 0 saturated carbocycles. The first-order valence-corrected chi connectivity index (χ1v) is 10.0. The Balaban J connectivity index is 1.57. The number of benzene rings is 2. The summed E-state index contributed by atoms with van der Waals surface area (Å²) < 4.78 is 1.82. The highest BCUT2D eigenvalue weighted by Crippen LogP contribution is 2.29. The van der Waals surface area contributed by atoms with Gasteiger partial charge in [-0.25, -0.2) is 14.4 Å². The summed E-state index contributed by atoms with van der Waals surface area (Å²) in [7, 11) is 0. The van der Waals surface area contributed by atoms with Gasteiger partial charge in [0.1, 0.15) is 6.04 Å². The summed E-state index contributed by atoms with van der Waals surface area (Å²) in [6, 6.07) is 15.4. The Morgan fingerprint density at radius 1 is 1.06 bits per heavy atom. The van der Waals surface area contributed by atoms with Crippen molar-refractivity contribution in [3.05, 3.63) is 71.5 Å². The molecule has 2 aromatic carbocycles. The summed E-state index contributed by atoms with van der Waals surface area (Å²) >= 11 is 0. The van der Waals surface area contributed by atoms with Gasteiger partial charge in [0.25, 0.3) is 5.91 Å². The molecule has 1 aromatic heterocycles. The van der Waals surface area contributed by atoms with Gasteiger partial charge in [-0.3, -0.25) is 9.59 Å². The maximum Gasteiger partial charge on any atom is 0.329 e. The number of aromatic nitrogens is 2. The normalized spacial score (nSPS) is 15.8. The van der Waals surface area contributed by atoms with Crippen molar-refractivity contribution in [1.82, 2.24) is 15.1 Å². The number of imide groups is 1. The van der Waals surface area contributed by atoms with Gasteiger partial charge in [-0.1, -0.05) is 30.3 Å². The minimum atomic E-state index is -0.606. The lowest BCUT2D eigenvalue weighted by Crippen LogP contribution is -2.32. The zero-order chi connectivity index (χ0) is 22.1. The van der Waals surface area contributed by atoms with E-state index in [1.165, 1.54) is 0 Å². The molecule has 0 bridgehead atoms. The van der Waals surface area contributed by atoms with E-state index < -0.39 is 12.1 Å². The average Bonchev–Trinajstić information content (AvgIpc) is 3.18. The van der Waals surface area contributed by atoms with Crippen molar-refractivity contribution in [3.8, 4) is 5.69 Å². The van der Waals surface area contributed by atoms with Crippen LogP contribution in [-0.2, 0) is 16.0 Å². The van der Waals surface area contributed by atoms with Crippen LogP contribution >= 0.6 is 0 Å². The molecular weight excluding hydrogens is 394 g/mol. The lowest BCUT2D eigenvalue weighted by atomic mass is 10.1. The third-order valence-corrected chi connectivity index (χ3v) is 5.33. The second kappa shape index (κ2) is 8.06.